The Morgan fingerprint density at radius 1 is 1.37 bits per heavy atom. The molecule has 0 amide bonds. The van der Waals surface area contributed by atoms with Gasteiger partial charge >= 0.3 is 0 Å². The molecular formula is C13H12F2N2S2. The minimum atomic E-state index is -0.633. The number of halogens is 2. The Labute approximate surface area is 119 Å². The van der Waals surface area contributed by atoms with E-state index in [1.54, 1.807) is 0 Å². The van der Waals surface area contributed by atoms with Gasteiger partial charge in [0.25, 0.3) is 0 Å². The number of nitrogens with zero attached hydrogens (tertiary/aromatic N) is 1. The van der Waals surface area contributed by atoms with E-state index in [-0.39, 0.29) is 15.6 Å². The molecule has 0 radical (unpaired) electrons. The van der Waals surface area contributed by atoms with E-state index in [1.807, 2.05) is 6.92 Å². The second-order valence-corrected chi connectivity index (χ2v) is 5.44. The van der Waals surface area contributed by atoms with E-state index in [2.05, 4.69) is 4.98 Å². The van der Waals surface area contributed by atoms with E-state index in [9.17, 15) is 8.78 Å². The summed E-state index contributed by atoms with van der Waals surface area (Å²) in [5.41, 5.74) is 6.21. The van der Waals surface area contributed by atoms with Crippen LogP contribution >= 0.6 is 23.6 Å². The fraction of sp³-hybridized carbons (Fsp3) is 0.231. The first kappa shape index (κ1) is 14.0. The SMILES string of the molecule is CCCc1nc(-c2c(F)cccc2F)sc1C(N)=S. The zero-order valence-electron chi connectivity index (χ0n) is 10.2. The molecule has 0 atom stereocenters. The van der Waals surface area contributed by atoms with Crippen LogP contribution < -0.4 is 5.73 Å². The van der Waals surface area contributed by atoms with Gasteiger partial charge in [0.2, 0.25) is 0 Å². The van der Waals surface area contributed by atoms with Crippen molar-refractivity contribution in [2.24, 2.45) is 5.73 Å². The number of thiocarbonyl (C=S) groups is 1. The molecule has 2 rings (SSSR count). The second kappa shape index (κ2) is 5.71. The molecule has 0 bridgehead atoms. The van der Waals surface area contributed by atoms with Gasteiger partial charge in [0.1, 0.15) is 21.6 Å². The molecule has 0 saturated heterocycles. The highest BCUT2D eigenvalue weighted by atomic mass is 32.1. The molecule has 2 aromatic rings. The molecule has 2 N–H and O–H groups in total. The fourth-order valence-corrected chi connectivity index (χ4v) is 3.01. The largest absolute Gasteiger partial charge is 0.389 e. The lowest BCUT2D eigenvalue weighted by atomic mass is 10.2. The smallest absolute Gasteiger partial charge is 0.136 e. The predicted octanol–water partition coefficient (Wildman–Crippen LogP) is 3.68. The average Bonchev–Trinajstić information content (AvgIpc) is 2.73. The summed E-state index contributed by atoms with van der Waals surface area (Å²) in [6.45, 7) is 1.99. The highest BCUT2D eigenvalue weighted by Gasteiger charge is 2.19. The lowest BCUT2D eigenvalue weighted by molar-refractivity contribution is 0.589. The zero-order chi connectivity index (χ0) is 14.0. The Hall–Kier alpha value is -1.40. The van der Waals surface area contributed by atoms with E-state index in [0.717, 1.165) is 17.8 Å². The third kappa shape index (κ3) is 2.79. The van der Waals surface area contributed by atoms with Crippen LogP contribution in [0.25, 0.3) is 10.6 Å². The number of aryl methyl sites for hydroxylation is 1. The summed E-state index contributed by atoms with van der Waals surface area (Å²) < 4.78 is 27.5. The first-order valence-corrected chi connectivity index (χ1v) is 7.01. The maximum atomic E-state index is 13.7. The summed E-state index contributed by atoms with van der Waals surface area (Å²) >= 11 is 6.09. The topological polar surface area (TPSA) is 38.9 Å². The fourth-order valence-electron chi connectivity index (χ4n) is 1.76. The second-order valence-electron chi connectivity index (χ2n) is 4.01. The van der Waals surface area contributed by atoms with Gasteiger partial charge in [-0.3, -0.25) is 0 Å². The predicted molar refractivity (Wildman–Crippen MR) is 77.3 cm³/mol. The van der Waals surface area contributed by atoms with Gasteiger partial charge in [-0.25, -0.2) is 13.8 Å². The Bertz CT molecular complexity index is 603. The molecule has 19 heavy (non-hydrogen) atoms. The number of thiazole rings is 1. The molecule has 0 unspecified atom stereocenters. The number of hydrogen-bond acceptors (Lipinski definition) is 3. The zero-order valence-corrected chi connectivity index (χ0v) is 11.9. The van der Waals surface area contributed by atoms with Gasteiger partial charge < -0.3 is 5.73 Å². The highest BCUT2D eigenvalue weighted by Crippen LogP contribution is 2.32. The van der Waals surface area contributed by atoms with Crippen molar-refractivity contribution in [1.29, 1.82) is 0 Å². The van der Waals surface area contributed by atoms with E-state index < -0.39 is 11.6 Å². The Kier molecular flexibility index (Phi) is 4.21. The van der Waals surface area contributed by atoms with Crippen LogP contribution in [0.4, 0.5) is 8.78 Å². The van der Waals surface area contributed by atoms with E-state index in [1.165, 1.54) is 18.2 Å². The van der Waals surface area contributed by atoms with E-state index in [4.69, 9.17) is 18.0 Å². The number of hydrogen-bond donors (Lipinski definition) is 1. The number of rotatable bonds is 4. The molecule has 1 heterocycles. The Morgan fingerprint density at radius 3 is 2.53 bits per heavy atom. The van der Waals surface area contributed by atoms with Crippen LogP contribution in [0.1, 0.15) is 23.9 Å². The van der Waals surface area contributed by atoms with E-state index in [0.29, 0.717) is 17.0 Å². The van der Waals surface area contributed by atoms with Gasteiger partial charge in [-0.2, -0.15) is 0 Å². The van der Waals surface area contributed by atoms with Crippen molar-refractivity contribution in [3.8, 4) is 10.6 Å². The van der Waals surface area contributed by atoms with E-state index >= 15 is 0 Å². The molecule has 0 aliphatic carbocycles. The number of aromatic nitrogens is 1. The van der Waals surface area contributed by atoms with Gasteiger partial charge in [0, 0.05) is 0 Å². The molecule has 2 nitrogen and oxygen atoms in total. The summed E-state index contributed by atoms with van der Waals surface area (Å²) in [6.07, 6.45) is 1.54. The summed E-state index contributed by atoms with van der Waals surface area (Å²) in [4.78, 5) is 5.13. The van der Waals surface area contributed by atoms with Crippen LogP contribution in [0, 0.1) is 11.6 Å². The highest BCUT2D eigenvalue weighted by molar-refractivity contribution is 7.81. The Balaban J connectivity index is 2.57. The lowest BCUT2D eigenvalue weighted by Gasteiger charge is -1.99. The van der Waals surface area contributed by atoms with Crippen LogP contribution in [0.5, 0.6) is 0 Å². The van der Waals surface area contributed by atoms with Crippen LogP contribution in [-0.2, 0) is 6.42 Å². The first-order chi connectivity index (χ1) is 9.04. The maximum absolute atomic E-state index is 13.7. The third-order valence-electron chi connectivity index (χ3n) is 2.58. The lowest BCUT2D eigenvalue weighted by Crippen LogP contribution is -2.09. The molecule has 1 aromatic heterocycles. The molecule has 0 saturated carbocycles. The maximum Gasteiger partial charge on any atom is 0.136 e. The minimum absolute atomic E-state index is 0.118. The van der Waals surface area contributed by atoms with Crippen molar-refractivity contribution < 1.29 is 8.78 Å². The quantitative estimate of drug-likeness (QED) is 0.875. The molecule has 0 aliphatic rings. The van der Waals surface area contributed by atoms with Crippen LogP contribution in [0.3, 0.4) is 0 Å². The molecule has 0 spiro atoms. The van der Waals surface area contributed by atoms with Crippen LogP contribution in [0.2, 0.25) is 0 Å². The van der Waals surface area contributed by atoms with Gasteiger partial charge in [-0.15, -0.1) is 11.3 Å². The van der Waals surface area contributed by atoms with Crippen molar-refractivity contribution in [3.05, 3.63) is 40.4 Å². The molecule has 0 fully saturated rings. The van der Waals surface area contributed by atoms with Crippen molar-refractivity contribution in [1.82, 2.24) is 4.98 Å². The molecule has 100 valence electrons. The summed E-state index contributed by atoms with van der Waals surface area (Å²) in [5.74, 6) is -1.27. The molecular weight excluding hydrogens is 286 g/mol. The van der Waals surface area contributed by atoms with Gasteiger partial charge in [-0.05, 0) is 18.6 Å². The number of nitrogens with two attached hydrogens (primary N) is 1. The van der Waals surface area contributed by atoms with Crippen molar-refractivity contribution in [3.63, 3.8) is 0 Å². The van der Waals surface area contributed by atoms with Crippen molar-refractivity contribution >= 4 is 28.5 Å². The summed E-state index contributed by atoms with van der Waals surface area (Å²) in [7, 11) is 0. The number of benzene rings is 1. The summed E-state index contributed by atoms with van der Waals surface area (Å²) in [5, 5.41) is 0.279. The Morgan fingerprint density at radius 2 is 2.00 bits per heavy atom. The van der Waals surface area contributed by atoms with Gasteiger partial charge in [0.15, 0.2) is 0 Å². The van der Waals surface area contributed by atoms with Gasteiger partial charge in [0.05, 0.1) is 16.1 Å². The van der Waals surface area contributed by atoms with Crippen molar-refractivity contribution in [2.45, 2.75) is 19.8 Å². The van der Waals surface area contributed by atoms with Crippen LogP contribution in [-0.4, -0.2) is 9.97 Å². The van der Waals surface area contributed by atoms with Gasteiger partial charge in [-0.1, -0.05) is 31.6 Å². The summed E-state index contributed by atoms with van der Waals surface area (Å²) in [6, 6.07) is 3.74. The standard InChI is InChI=1S/C13H12F2N2S2/c1-2-4-9-11(12(16)18)19-13(17-9)10-7(14)5-3-6-8(10)15/h3,5-6H,2,4H2,1H3,(H2,16,18). The first-order valence-electron chi connectivity index (χ1n) is 5.78. The average molecular weight is 298 g/mol. The minimum Gasteiger partial charge on any atom is -0.389 e. The monoisotopic (exact) mass is 298 g/mol. The third-order valence-corrected chi connectivity index (χ3v) is 4.07. The normalized spacial score (nSPS) is 10.7. The van der Waals surface area contributed by atoms with Crippen LogP contribution in [0.15, 0.2) is 18.2 Å². The molecule has 6 heteroatoms. The molecule has 1 aromatic carbocycles. The van der Waals surface area contributed by atoms with Crippen molar-refractivity contribution in [2.75, 3.05) is 0 Å². The molecule has 0 aliphatic heterocycles.